The van der Waals surface area contributed by atoms with Crippen molar-refractivity contribution in [3.05, 3.63) is 64.1 Å². The monoisotopic (exact) mass is 462 g/mol. The Bertz CT molecular complexity index is 808. The summed E-state index contributed by atoms with van der Waals surface area (Å²) in [6.07, 6.45) is 0. The summed E-state index contributed by atoms with van der Waals surface area (Å²) in [5, 5.41) is 2.91. The first-order valence-corrected chi connectivity index (χ1v) is 11.1. The molecule has 1 N–H and O–H groups in total. The normalized spacial score (nSPS) is 11.9. The van der Waals surface area contributed by atoms with Crippen LogP contribution in [0.1, 0.15) is 31.9 Å². The van der Waals surface area contributed by atoms with Gasteiger partial charge in [0.1, 0.15) is 6.04 Å². The Balaban J connectivity index is 2.14. The zero-order valence-corrected chi connectivity index (χ0v) is 19.1. The van der Waals surface area contributed by atoms with Gasteiger partial charge in [0.15, 0.2) is 0 Å². The maximum Gasteiger partial charge on any atom is 0.242 e. The number of halogens is 1. The first-order valence-electron chi connectivity index (χ1n) is 9.30. The number of thioether (sulfide) groups is 1. The Morgan fingerprint density at radius 2 is 1.79 bits per heavy atom. The third-order valence-corrected chi connectivity index (χ3v) is 5.71. The predicted octanol–water partition coefficient (Wildman–Crippen LogP) is 4.79. The van der Waals surface area contributed by atoms with Crippen LogP contribution in [0.4, 0.5) is 0 Å². The molecule has 2 rings (SSSR count). The first kappa shape index (κ1) is 22.5. The van der Waals surface area contributed by atoms with Crippen molar-refractivity contribution in [3.63, 3.8) is 0 Å². The van der Waals surface area contributed by atoms with Crippen LogP contribution in [0, 0.1) is 6.92 Å². The molecule has 0 bridgehead atoms. The van der Waals surface area contributed by atoms with Gasteiger partial charge in [-0.3, -0.25) is 9.59 Å². The van der Waals surface area contributed by atoms with E-state index in [1.165, 1.54) is 17.3 Å². The van der Waals surface area contributed by atoms with E-state index < -0.39 is 6.04 Å². The Labute approximate surface area is 180 Å². The second kappa shape index (κ2) is 10.7. The van der Waals surface area contributed by atoms with Crippen LogP contribution in [-0.2, 0) is 16.1 Å². The molecule has 2 aromatic rings. The van der Waals surface area contributed by atoms with Crippen molar-refractivity contribution in [1.29, 1.82) is 0 Å². The van der Waals surface area contributed by atoms with Crippen LogP contribution in [-0.4, -0.2) is 34.6 Å². The fraction of sp³-hybridized carbons (Fsp3) is 0.364. The summed E-state index contributed by atoms with van der Waals surface area (Å²) in [7, 11) is 0. The molecule has 2 aromatic carbocycles. The highest BCUT2D eigenvalue weighted by atomic mass is 79.9. The summed E-state index contributed by atoms with van der Waals surface area (Å²) in [6.45, 7) is 8.04. The molecule has 0 heterocycles. The van der Waals surface area contributed by atoms with E-state index in [9.17, 15) is 9.59 Å². The van der Waals surface area contributed by atoms with Crippen LogP contribution >= 0.6 is 27.7 Å². The van der Waals surface area contributed by atoms with Gasteiger partial charge < -0.3 is 10.2 Å². The van der Waals surface area contributed by atoms with Crippen LogP contribution in [0.2, 0.25) is 0 Å². The molecule has 0 saturated carbocycles. The van der Waals surface area contributed by atoms with Gasteiger partial charge in [-0.15, -0.1) is 11.8 Å². The predicted molar refractivity (Wildman–Crippen MR) is 119 cm³/mol. The minimum absolute atomic E-state index is 0.0275. The molecule has 1 unspecified atom stereocenters. The number of hydrogen-bond donors (Lipinski definition) is 1. The van der Waals surface area contributed by atoms with E-state index in [1.807, 2.05) is 69.3 Å². The average molecular weight is 463 g/mol. The molecule has 0 aliphatic heterocycles. The molecule has 0 aliphatic rings. The van der Waals surface area contributed by atoms with Gasteiger partial charge in [-0.25, -0.2) is 0 Å². The standard InChI is InChI=1S/C22H27BrN2O2S/c1-15(2)24-22(27)17(4)25(13-18-6-5-7-19(23)12-18)21(26)14-28-20-10-8-16(3)9-11-20/h5-12,15,17H,13-14H2,1-4H3,(H,24,27). The second-order valence-corrected chi connectivity index (χ2v) is 9.06. The minimum atomic E-state index is -0.549. The van der Waals surface area contributed by atoms with Gasteiger partial charge in [0.25, 0.3) is 0 Å². The fourth-order valence-corrected chi connectivity index (χ4v) is 3.91. The van der Waals surface area contributed by atoms with Crippen LogP contribution in [0.3, 0.4) is 0 Å². The van der Waals surface area contributed by atoms with Crippen LogP contribution in [0.15, 0.2) is 57.9 Å². The SMILES string of the molecule is Cc1ccc(SCC(=O)N(Cc2cccc(Br)c2)C(C)C(=O)NC(C)C)cc1. The van der Waals surface area contributed by atoms with Crippen molar-refractivity contribution in [2.24, 2.45) is 0 Å². The Morgan fingerprint density at radius 1 is 1.11 bits per heavy atom. The van der Waals surface area contributed by atoms with Gasteiger partial charge in [0, 0.05) is 22.0 Å². The van der Waals surface area contributed by atoms with E-state index in [0.29, 0.717) is 6.54 Å². The van der Waals surface area contributed by atoms with Crippen molar-refractivity contribution >= 4 is 39.5 Å². The topological polar surface area (TPSA) is 49.4 Å². The molecule has 0 saturated heterocycles. The largest absolute Gasteiger partial charge is 0.352 e. The number of hydrogen-bond acceptors (Lipinski definition) is 3. The highest BCUT2D eigenvalue weighted by Crippen LogP contribution is 2.21. The first-order chi connectivity index (χ1) is 13.3. The molecule has 0 spiro atoms. The number of aryl methyl sites for hydroxylation is 1. The molecule has 6 heteroatoms. The molecular formula is C22H27BrN2O2S. The van der Waals surface area contributed by atoms with E-state index in [2.05, 4.69) is 21.2 Å². The Kier molecular flexibility index (Phi) is 8.58. The lowest BCUT2D eigenvalue weighted by Crippen LogP contribution is -2.49. The van der Waals surface area contributed by atoms with Crippen LogP contribution in [0.25, 0.3) is 0 Å². The van der Waals surface area contributed by atoms with Crippen molar-refractivity contribution in [2.45, 2.75) is 51.2 Å². The van der Waals surface area contributed by atoms with E-state index in [1.54, 1.807) is 11.8 Å². The molecule has 2 amide bonds. The lowest BCUT2D eigenvalue weighted by atomic mass is 10.1. The smallest absolute Gasteiger partial charge is 0.242 e. The summed E-state index contributed by atoms with van der Waals surface area (Å²) >= 11 is 4.96. The lowest BCUT2D eigenvalue weighted by Gasteiger charge is -2.29. The quantitative estimate of drug-likeness (QED) is 0.573. The number of rotatable bonds is 8. The summed E-state index contributed by atoms with van der Waals surface area (Å²) in [6, 6.07) is 15.4. The van der Waals surface area contributed by atoms with E-state index in [0.717, 1.165) is 14.9 Å². The number of nitrogens with one attached hydrogen (secondary N) is 1. The highest BCUT2D eigenvalue weighted by Gasteiger charge is 2.26. The molecule has 150 valence electrons. The van der Waals surface area contributed by atoms with Gasteiger partial charge in [0.2, 0.25) is 11.8 Å². The summed E-state index contributed by atoms with van der Waals surface area (Å²) in [4.78, 5) is 28.3. The lowest BCUT2D eigenvalue weighted by molar-refractivity contribution is -0.138. The molecule has 0 aliphatic carbocycles. The van der Waals surface area contributed by atoms with Gasteiger partial charge in [0.05, 0.1) is 5.75 Å². The van der Waals surface area contributed by atoms with Crippen molar-refractivity contribution in [1.82, 2.24) is 10.2 Å². The molecule has 4 nitrogen and oxygen atoms in total. The van der Waals surface area contributed by atoms with Gasteiger partial charge >= 0.3 is 0 Å². The van der Waals surface area contributed by atoms with E-state index in [-0.39, 0.29) is 23.6 Å². The number of carbonyl (C=O) groups is 2. The van der Waals surface area contributed by atoms with Gasteiger partial charge in [-0.05, 0) is 57.5 Å². The third-order valence-electron chi connectivity index (χ3n) is 4.22. The van der Waals surface area contributed by atoms with Crippen molar-refractivity contribution < 1.29 is 9.59 Å². The van der Waals surface area contributed by atoms with Crippen molar-refractivity contribution in [2.75, 3.05) is 5.75 Å². The summed E-state index contributed by atoms with van der Waals surface area (Å²) < 4.78 is 0.950. The number of benzene rings is 2. The highest BCUT2D eigenvalue weighted by molar-refractivity contribution is 9.10. The molecule has 0 radical (unpaired) electrons. The van der Waals surface area contributed by atoms with Crippen LogP contribution in [0.5, 0.6) is 0 Å². The zero-order valence-electron chi connectivity index (χ0n) is 16.7. The minimum Gasteiger partial charge on any atom is -0.352 e. The van der Waals surface area contributed by atoms with Crippen LogP contribution < -0.4 is 5.32 Å². The third kappa shape index (κ3) is 6.99. The molecular weight excluding hydrogens is 436 g/mol. The fourth-order valence-electron chi connectivity index (χ4n) is 2.68. The van der Waals surface area contributed by atoms with E-state index in [4.69, 9.17) is 0 Å². The molecule has 28 heavy (non-hydrogen) atoms. The molecule has 0 fully saturated rings. The number of carbonyl (C=O) groups excluding carboxylic acids is 2. The van der Waals surface area contributed by atoms with Crippen molar-refractivity contribution in [3.8, 4) is 0 Å². The number of nitrogens with zero attached hydrogens (tertiary/aromatic N) is 1. The van der Waals surface area contributed by atoms with Gasteiger partial charge in [-0.1, -0.05) is 45.8 Å². The van der Waals surface area contributed by atoms with E-state index >= 15 is 0 Å². The van der Waals surface area contributed by atoms with Gasteiger partial charge in [-0.2, -0.15) is 0 Å². The Hall–Kier alpha value is -1.79. The molecule has 1 atom stereocenters. The maximum atomic E-state index is 13.0. The Morgan fingerprint density at radius 3 is 2.39 bits per heavy atom. The summed E-state index contributed by atoms with van der Waals surface area (Å²) in [5.41, 5.74) is 2.16. The maximum absolute atomic E-state index is 13.0. The summed E-state index contributed by atoms with van der Waals surface area (Å²) in [5.74, 6) is 0.0896. The second-order valence-electron chi connectivity index (χ2n) is 7.09. The average Bonchev–Trinajstić information content (AvgIpc) is 2.64. The zero-order chi connectivity index (χ0) is 20.7. The molecule has 0 aromatic heterocycles. The number of amides is 2.